The molecule has 0 radical (unpaired) electrons. The first-order valence-corrected chi connectivity index (χ1v) is 8.47. The number of sulfonamides is 1. The molecule has 0 aliphatic carbocycles. The summed E-state index contributed by atoms with van der Waals surface area (Å²) in [6, 6.07) is 4.95. The molecule has 1 aromatic rings. The van der Waals surface area contributed by atoms with Crippen LogP contribution in [0, 0.1) is 12.8 Å². The van der Waals surface area contributed by atoms with Gasteiger partial charge >= 0.3 is 0 Å². The van der Waals surface area contributed by atoms with Crippen molar-refractivity contribution in [1.82, 2.24) is 4.90 Å². The van der Waals surface area contributed by atoms with Gasteiger partial charge in [-0.25, -0.2) is 13.6 Å². The van der Waals surface area contributed by atoms with Gasteiger partial charge in [0, 0.05) is 18.8 Å². The number of hydrogen-bond acceptors (Lipinski definition) is 4. The molecular weight excluding hydrogens is 274 g/mol. The van der Waals surface area contributed by atoms with E-state index in [1.807, 2.05) is 6.92 Å². The summed E-state index contributed by atoms with van der Waals surface area (Å²) in [7, 11) is -1.50. The molecule has 0 saturated carbocycles. The first-order chi connectivity index (χ1) is 9.36. The van der Waals surface area contributed by atoms with Gasteiger partial charge in [-0.2, -0.15) is 0 Å². The van der Waals surface area contributed by atoms with E-state index >= 15 is 0 Å². The lowest BCUT2D eigenvalue weighted by Gasteiger charge is -2.30. The molecule has 1 atom stereocenters. The van der Waals surface area contributed by atoms with Crippen LogP contribution < -0.4 is 10.5 Å². The van der Waals surface area contributed by atoms with Crippen LogP contribution in [0.15, 0.2) is 23.1 Å². The van der Waals surface area contributed by atoms with Crippen molar-refractivity contribution in [1.29, 1.82) is 0 Å². The van der Waals surface area contributed by atoms with Gasteiger partial charge in [0.15, 0.2) is 0 Å². The average Bonchev–Trinajstić information content (AvgIpc) is 2.36. The van der Waals surface area contributed by atoms with Crippen LogP contribution in [0.5, 0.6) is 0 Å². The molecular formula is C14H23N3O2S. The molecule has 1 fully saturated rings. The number of aryl methyl sites for hydroxylation is 1. The smallest absolute Gasteiger partial charge is 0.238 e. The summed E-state index contributed by atoms with van der Waals surface area (Å²) in [4.78, 5) is 2.50. The predicted octanol–water partition coefficient (Wildman–Crippen LogP) is 1.40. The maximum Gasteiger partial charge on any atom is 0.238 e. The Balaban J connectivity index is 2.05. The third kappa shape index (κ3) is 3.94. The van der Waals surface area contributed by atoms with Crippen molar-refractivity contribution in [2.24, 2.45) is 11.1 Å². The standard InChI is InChI=1S/C14H23N3O2S/c1-11-5-6-13(20(15,18)19)8-14(11)16-9-12-4-3-7-17(2)10-12/h5-6,8,12,16H,3-4,7,9-10H2,1-2H3,(H2,15,18,19). The third-order valence-electron chi connectivity index (χ3n) is 3.84. The molecule has 6 heteroatoms. The number of likely N-dealkylation sites (tertiary alicyclic amines) is 1. The number of benzene rings is 1. The lowest BCUT2D eigenvalue weighted by Crippen LogP contribution is -2.35. The van der Waals surface area contributed by atoms with Gasteiger partial charge < -0.3 is 10.2 Å². The van der Waals surface area contributed by atoms with E-state index in [0.717, 1.165) is 30.9 Å². The van der Waals surface area contributed by atoms with Crippen LogP contribution in [0.25, 0.3) is 0 Å². The van der Waals surface area contributed by atoms with E-state index in [2.05, 4.69) is 17.3 Å². The molecule has 0 amide bonds. The van der Waals surface area contributed by atoms with Gasteiger partial charge in [0.05, 0.1) is 4.90 Å². The Morgan fingerprint density at radius 1 is 1.45 bits per heavy atom. The number of rotatable bonds is 4. The molecule has 1 aromatic carbocycles. The Hall–Kier alpha value is -1.11. The molecule has 5 nitrogen and oxygen atoms in total. The van der Waals surface area contributed by atoms with Crippen molar-refractivity contribution in [3.05, 3.63) is 23.8 Å². The summed E-state index contributed by atoms with van der Waals surface area (Å²) in [5.74, 6) is 0.603. The summed E-state index contributed by atoms with van der Waals surface area (Å²) < 4.78 is 22.8. The zero-order valence-corrected chi connectivity index (χ0v) is 12.9. The van der Waals surface area contributed by atoms with E-state index in [1.54, 1.807) is 18.2 Å². The zero-order valence-electron chi connectivity index (χ0n) is 12.1. The zero-order chi connectivity index (χ0) is 14.8. The number of anilines is 1. The Kier molecular flexibility index (Phi) is 4.67. The Morgan fingerprint density at radius 3 is 2.85 bits per heavy atom. The van der Waals surface area contributed by atoms with Crippen LogP contribution in [0.1, 0.15) is 18.4 Å². The molecule has 1 heterocycles. The van der Waals surface area contributed by atoms with Gasteiger partial charge in [0.1, 0.15) is 0 Å². The van der Waals surface area contributed by atoms with E-state index in [9.17, 15) is 8.42 Å². The molecule has 112 valence electrons. The second-order valence-corrected chi connectivity index (χ2v) is 7.23. The van der Waals surface area contributed by atoms with Crippen LogP contribution in [-0.4, -0.2) is 40.0 Å². The normalized spacial score (nSPS) is 20.9. The Morgan fingerprint density at radius 2 is 2.20 bits per heavy atom. The van der Waals surface area contributed by atoms with Crippen molar-refractivity contribution in [3.8, 4) is 0 Å². The van der Waals surface area contributed by atoms with Crippen LogP contribution in [-0.2, 0) is 10.0 Å². The first kappa shape index (κ1) is 15.3. The topological polar surface area (TPSA) is 75.4 Å². The van der Waals surface area contributed by atoms with Crippen LogP contribution in [0.3, 0.4) is 0 Å². The molecule has 3 N–H and O–H groups in total. The predicted molar refractivity (Wildman–Crippen MR) is 81.3 cm³/mol. The van der Waals surface area contributed by atoms with Gasteiger partial charge in [-0.1, -0.05) is 6.07 Å². The second kappa shape index (κ2) is 6.11. The van der Waals surface area contributed by atoms with Crippen LogP contribution in [0.2, 0.25) is 0 Å². The highest BCUT2D eigenvalue weighted by molar-refractivity contribution is 7.89. The summed E-state index contributed by atoms with van der Waals surface area (Å²) in [6.07, 6.45) is 2.43. The van der Waals surface area contributed by atoms with Gasteiger partial charge in [0.2, 0.25) is 10.0 Å². The molecule has 0 aromatic heterocycles. The SMILES string of the molecule is Cc1ccc(S(N)(=O)=O)cc1NCC1CCCN(C)C1. The maximum atomic E-state index is 11.4. The maximum absolute atomic E-state index is 11.4. The van der Waals surface area contributed by atoms with E-state index < -0.39 is 10.0 Å². The minimum Gasteiger partial charge on any atom is -0.384 e. The fourth-order valence-corrected chi connectivity index (χ4v) is 3.20. The molecule has 1 aliphatic heterocycles. The van der Waals surface area contributed by atoms with Crippen molar-refractivity contribution in [3.63, 3.8) is 0 Å². The average molecular weight is 297 g/mol. The Labute approximate surface area is 121 Å². The molecule has 20 heavy (non-hydrogen) atoms. The van der Waals surface area contributed by atoms with Gasteiger partial charge in [0.25, 0.3) is 0 Å². The van der Waals surface area contributed by atoms with Gasteiger partial charge in [-0.15, -0.1) is 0 Å². The molecule has 0 bridgehead atoms. The minimum atomic E-state index is -3.64. The largest absolute Gasteiger partial charge is 0.384 e. The van der Waals surface area contributed by atoms with Gasteiger partial charge in [-0.3, -0.25) is 0 Å². The summed E-state index contributed by atoms with van der Waals surface area (Å²) in [6.45, 7) is 5.07. The van der Waals surface area contributed by atoms with Crippen molar-refractivity contribution in [2.45, 2.75) is 24.7 Å². The quantitative estimate of drug-likeness (QED) is 0.881. The first-order valence-electron chi connectivity index (χ1n) is 6.92. The highest BCUT2D eigenvalue weighted by Crippen LogP contribution is 2.21. The number of primary sulfonamides is 1. The molecule has 1 aliphatic rings. The number of nitrogens with zero attached hydrogens (tertiary/aromatic N) is 1. The van der Waals surface area contributed by atoms with E-state index in [-0.39, 0.29) is 4.90 Å². The molecule has 2 rings (SSSR count). The van der Waals surface area contributed by atoms with E-state index in [1.165, 1.54) is 12.8 Å². The number of hydrogen-bond donors (Lipinski definition) is 2. The third-order valence-corrected chi connectivity index (χ3v) is 4.75. The lowest BCUT2D eigenvalue weighted by molar-refractivity contribution is 0.217. The monoisotopic (exact) mass is 297 g/mol. The van der Waals surface area contributed by atoms with Crippen LogP contribution >= 0.6 is 0 Å². The number of nitrogens with two attached hydrogens (primary N) is 1. The molecule has 1 saturated heterocycles. The lowest BCUT2D eigenvalue weighted by atomic mass is 9.98. The molecule has 1 unspecified atom stereocenters. The molecule has 0 spiro atoms. The number of piperidine rings is 1. The van der Waals surface area contributed by atoms with Crippen molar-refractivity contribution >= 4 is 15.7 Å². The summed E-state index contributed by atoms with van der Waals surface area (Å²) >= 11 is 0. The second-order valence-electron chi connectivity index (χ2n) is 5.67. The van der Waals surface area contributed by atoms with Crippen LogP contribution in [0.4, 0.5) is 5.69 Å². The Bertz CT molecular complexity index is 572. The van der Waals surface area contributed by atoms with Crippen molar-refractivity contribution in [2.75, 3.05) is 32.0 Å². The van der Waals surface area contributed by atoms with Gasteiger partial charge in [-0.05, 0) is 57.0 Å². The summed E-state index contributed by atoms with van der Waals surface area (Å²) in [5, 5.41) is 8.54. The minimum absolute atomic E-state index is 0.159. The highest BCUT2D eigenvalue weighted by atomic mass is 32.2. The van der Waals surface area contributed by atoms with E-state index in [4.69, 9.17) is 5.14 Å². The fraction of sp³-hybridized carbons (Fsp3) is 0.571. The number of nitrogens with one attached hydrogen (secondary N) is 1. The van der Waals surface area contributed by atoms with E-state index in [0.29, 0.717) is 5.92 Å². The summed E-state index contributed by atoms with van der Waals surface area (Å²) in [5.41, 5.74) is 1.88. The van der Waals surface area contributed by atoms with Crippen molar-refractivity contribution < 1.29 is 8.42 Å². The highest BCUT2D eigenvalue weighted by Gasteiger charge is 2.17. The fourth-order valence-electron chi connectivity index (χ4n) is 2.66.